The molecule has 0 saturated heterocycles. The molecule has 0 aliphatic rings. The summed E-state index contributed by atoms with van der Waals surface area (Å²) in [6.45, 7) is 13.2. The van der Waals surface area contributed by atoms with Crippen LogP contribution in [0.3, 0.4) is 0 Å². The van der Waals surface area contributed by atoms with Crippen molar-refractivity contribution in [3.63, 3.8) is 0 Å². The van der Waals surface area contributed by atoms with Crippen LogP contribution in [0.5, 0.6) is 11.5 Å². The Morgan fingerprint density at radius 1 is 0.733 bits per heavy atom. The summed E-state index contributed by atoms with van der Waals surface area (Å²) >= 11 is 0. The summed E-state index contributed by atoms with van der Waals surface area (Å²) < 4.78 is 10.7. The first-order valence-electron chi connectivity index (χ1n) is 15.7. The first-order valence-corrected chi connectivity index (χ1v) is 15.7. The Kier molecular flexibility index (Phi) is 7.25. The smallest absolute Gasteiger partial charge is 0.137 e. The zero-order valence-electron chi connectivity index (χ0n) is 26.8. The topological polar surface area (TPSA) is 44.9 Å². The number of ether oxygens (including phenoxy) is 1. The van der Waals surface area contributed by atoms with Gasteiger partial charge in [-0.15, -0.1) is 0 Å². The molecule has 5 nitrogen and oxygen atoms in total. The van der Waals surface area contributed by atoms with Gasteiger partial charge in [-0.1, -0.05) is 44.2 Å². The molecule has 7 rings (SSSR count). The Labute approximate surface area is 264 Å². The first kappa shape index (κ1) is 28.6. The molecule has 224 valence electrons. The highest BCUT2D eigenvalue weighted by molar-refractivity contribution is 6.09. The average molecular weight is 591 g/mol. The standard InChI is InChI=1S/C40H38N4O/c1-25(2)18-30-16-17-41-39(20-30)44-37-13-8-7-12-35(37)36-15-14-34(22-38(36)44)45-33-11-9-10-32(21-33)43-24-31(23-42-43)40-28(5)26(3)19-27(4)29(40)6/h7-17,19-25H,18H2,1-6H3. The highest BCUT2D eigenvalue weighted by Gasteiger charge is 2.16. The number of pyridine rings is 1. The van der Waals surface area contributed by atoms with Crippen molar-refractivity contribution in [2.24, 2.45) is 5.92 Å². The zero-order chi connectivity index (χ0) is 31.2. The molecule has 3 aromatic heterocycles. The molecule has 0 N–H and O–H groups in total. The van der Waals surface area contributed by atoms with E-state index in [2.05, 4.69) is 113 Å². The Bertz CT molecular complexity index is 2170. The van der Waals surface area contributed by atoms with Crippen molar-refractivity contribution < 1.29 is 4.74 Å². The minimum absolute atomic E-state index is 0.572. The summed E-state index contributed by atoms with van der Waals surface area (Å²) in [4.78, 5) is 4.80. The van der Waals surface area contributed by atoms with Crippen LogP contribution in [0.2, 0.25) is 0 Å². The molecule has 4 aromatic carbocycles. The second-order valence-electron chi connectivity index (χ2n) is 12.6. The van der Waals surface area contributed by atoms with Crippen molar-refractivity contribution in [2.75, 3.05) is 0 Å². The number of rotatable bonds is 7. The number of aryl methyl sites for hydroxylation is 2. The van der Waals surface area contributed by atoms with Gasteiger partial charge in [-0.2, -0.15) is 5.10 Å². The van der Waals surface area contributed by atoms with Crippen molar-refractivity contribution in [3.05, 3.63) is 131 Å². The van der Waals surface area contributed by atoms with Crippen molar-refractivity contribution in [1.82, 2.24) is 19.3 Å². The third-order valence-electron chi connectivity index (χ3n) is 8.88. The van der Waals surface area contributed by atoms with E-state index >= 15 is 0 Å². The highest BCUT2D eigenvalue weighted by Crippen LogP contribution is 2.36. The van der Waals surface area contributed by atoms with Gasteiger partial charge in [-0.3, -0.25) is 4.57 Å². The van der Waals surface area contributed by atoms with E-state index in [4.69, 9.17) is 14.8 Å². The summed E-state index contributed by atoms with van der Waals surface area (Å²) in [6.07, 6.45) is 7.00. The minimum Gasteiger partial charge on any atom is -0.457 e. The van der Waals surface area contributed by atoms with E-state index in [1.165, 1.54) is 44.2 Å². The van der Waals surface area contributed by atoms with E-state index in [9.17, 15) is 0 Å². The van der Waals surface area contributed by atoms with Crippen LogP contribution in [0.1, 0.15) is 41.7 Å². The van der Waals surface area contributed by atoms with Gasteiger partial charge < -0.3 is 4.74 Å². The summed E-state index contributed by atoms with van der Waals surface area (Å²) in [5, 5.41) is 7.10. The third kappa shape index (κ3) is 5.29. The Hall–Kier alpha value is -5.16. The van der Waals surface area contributed by atoms with Crippen molar-refractivity contribution >= 4 is 21.8 Å². The minimum atomic E-state index is 0.572. The van der Waals surface area contributed by atoms with Gasteiger partial charge in [0.05, 0.1) is 22.9 Å². The number of benzene rings is 4. The molecule has 0 atom stereocenters. The maximum atomic E-state index is 6.50. The van der Waals surface area contributed by atoms with E-state index in [1.54, 1.807) is 0 Å². The summed E-state index contributed by atoms with van der Waals surface area (Å²) in [6, 6.07) is 29.5. The van der Waals surface area contributed by atoms with E-state index in [0.717, 1.165) is 46.0 Å². The average Bonchev–Trinajstić information content (AvgIpc) is 3.63. The number of nitrogens with zero attached hydrogens (tertiary/aromatic N) is 4. The zero-order valence-corrected chi connectivity index (χ0v) is 26.8. The number of para-hydroxylation sites is 1. The predicted octanol–water partition coefficient (Wildman–Crippen LogP) is 10.3. The Morgan fingerprint density at radius 3 is 2.29 bits per heavy atom. The van der Waals surface area contributed by atoms with Crippen LogP contribution in [0.25, 0.3) is 44.4 Å². The molecule has 0 aliphatic heterocycles. The summed E-state index contributed by atoms with van der Waals surface area (Å²) in [5.74, 6) is 3.01. The van der Waals surface area contributed by atoms with Gasteiger partial charge >= 0.3 is 0 Å². The fourth-order valence-corrected chi connectivity index (χ4v) is 6.51. The van der Waals surface area contributed by atoms with Crippen LogP contribution in [-0.4, -0.2) is 19.3 Å². The van der Waals surface area contributed by atoms with Crippen LogP contribution in [0, 0.1) is 33.6 Å². The lowest BCUT2D eigenvalue weighted by Crippen LogP contribution is -2.01. The SMILES string of the molecule is Cc1cc(C)c(C)c(-c2cnn(-c3cccc(Oc4ccc5c6ccccc6n(-c6cc(CC(C)C)ccn6)c5c4)c3)c2)c1C. The predicted molar refractivity (Wildman–Crippen MR) is 185 cm³/mol. The molecule has 3 heterocycles. The molecule has 0 unspecified atom stereocenters. The Morgan fingerprint density at radius 2 is 1.49 bits per heavy atom. The largest absolute Gasteiger partial charge is 0.457 e. The maximum absolute atomic E-state index is 6.50. The number of hydrogen-bond acceptors (Lipinski definition) is 3. The van der Waals surface area contributed by atoms with Gasteiger partial charge in [0.1, 0.15) is 17.3 Å². The van der Waals surface area contributed by atoms with E-state index < -0.39 is 0 Å². The first-order chi connectivity index (χ1) is 21.8. The van der Waals surface area contributed by atoms with Crippen LogP contribution in [-0.2, 0) is 6.42 Å². The van der Waals surface area contributed by atoms with Crippen LogP contribution in [0.15, 0.2) is 104 Å². The molecular formula is C40H38N4O. The summed E-state index contributed by atoms with van der Waals surface area (Å²) in [7, 11) is 0. The van der Waals surface area contributed by atoms with Crippen LogP contribution in [0.4, 0.5) is 0 Å². The molecule has 5 heteroatoms. The molecule has 0 bridgehead atoms. The van der Waals surface area contributed by atoms with Crippen molar-refractivity contribution in [2.45, 2.75) is 48.0 Å². The van der Waals surface area contributed by atoms with Crippen LogP contribution >= 0.6 is 0 Å². The number of aromatic nitrogens is 4. The molecule has 0 amide bonds. The second kappa shape index (κ2) is 11.4. The molecule has 0 fully saturated rings. The Balaban J connectivity index is 1.25. The molecule has 0 aliphatic carbocycles. The lowest BCUT2D eigenvalue weighted by Gasteiger charge is -2.14. The van der Waals surface area contributed by atoms with Crippen molar-refractivity contribution in [3.8, 4) is 34.1 Å². The normalized spacial score (nSPS) is 11.6. The molecule has 0 saturated carbocycles. The lowest BCUT2D eigenvalue weighted by molar-refractivity contribution is 0.483. The molecular weight excluding hydrogens is 552 g/mol. The van der Waals surface area contributed by atoms with E-state index in [0.29, 0.717) is 5.92 Å². The van der Waals surface area contributed by atoms with Crippen molar-refractivity contribution in [1.29, 1.82) is 0 Å². The molecule has 7 aromatic rings. The fourth-order valence-electron chi connectivity index (χ4n) is 6.51. The third-order valence-corrected chi connectivity index (χ3v) is 8.88. The van der Waals surface area contributed by atoms with Gasteiger partial charge in [-0.05, 0) is 116 Å². The number of fused-ring (bicyclic) bond motifs is 3. The number of hydrogen-bond donors (Lipinski definition) is 0. The van der Waals surface area contributed by atoms with E-state index in [-0.39, 0.29) is 0 Å². The van der Waals surface area contributed by atoms with Gasteiger partial charge in [-0.25, -0.2) is 9.67 Å². The molecule has 0 radical (unpaired) electrons. The van der Waals surface area contributed by atoms with Gasteiger partial charge in [0.25, 0.3) is 0 Å². The van der Waals surface area contributed by atoms with Gasteiger partial charge in [0.2, 0.25) is 0 Å². The summed E-state index contributed by atoms with van der Waals surface area (Å²) in [5.41, 5.74) is 12.0. The monoisotopic (exact) mass is 590 g/mol. The fraction of sp³-hybridized carbons (Fsp3) is 0.200. The second-order valence-corrected chi connectivity index (χ2v) is 12.6. The maximum Gasteiger partial charge on any atom is 0.137 e. The van der Waals surface area contributed by atoms with E-state index in [1.807, 2.05) is 41.3 Å². The van der Waals surface area contributed by atoms with Gasteiger partial charge in [0.15, 0.2) is 0 Å². The molecule has 0 spiro atoms. The highest BCUT2D eigenvalue weighted by atomic mass is 16.5. The quantitative estimate of drug-likeness (QED) is 0.186. The lowest BCUT2D eigenvalue weighted by atomic mass is 9.91. The van der Waals surface area contributed by atoms with Gasteiger partial charge in [0, 0.05) is 40.9 Å². The van der Waals surface area contributed by atoms with Crippen LogP contribution < -0.4 is 4.74 Å². The molecule has 45 heavy (non-hydrogen) atoms.